The number of pyridine rings is 1. The average Bonchev–Trinajstić information content (AvgIpc) is 3.68. The lowest BCUT2D eigenvalue weighted by atomic mass is 10.0. The van der Waals surface area contributed by atoms with Crippen molar-refractivity contribution < 1.29 is 14.3 Å². The molecule has 6 rings (SSSR count). The molecule has 3 heterocycles. The number of rotatable bonds is 11. The van der Waals surface area contributed by atoms with Crippen LogP contribution in [0.3, 0.4) is 0 Å². The van der Waals surface area contributed by atoms with Gasteiger partial charge in [0.2, 0.25) is 0 Å². The lowest BCUT2D eigenvalue weighted by Gasteiger charge is -2.21. The number of hydrogen-bond acceptors (Lipinski definition) is 6. The highest BCUT2D eigenvalue weighted by molar-refractivity contribution is 5.92. The first-order chi connectivity index (χ1) is 21.1. The van der Waals surface area contributed by atoms with Crippen LogP contribution in [-0.2, 0) is 19.3 Å². The van der Waals surface area contributed by atoms with Crippen LogP contribution in [-0.4, -0.2) is 44.9 Å². The smallest absolute Gasteiger partial charge is 0.270 e. The second kappa shape index (κ2) is 12.6. The third-order valence-corrected chi connectivity index (χ3v) is 7.48. The van der Waals surface area contributed by atoms with E-state index >= 15 is 0 Å². The molecule has 0 spiro atoms. The molecule has 9 heteroatoms. The Hall–Kier alpha value is -5.44. The summed E-state index contributed by atoms with van der Waals surface area (Å²) >= 11 is 0. The van der Waals surface area contributed by atoms with Crippen molar-refractivity contribution in [2.45, 2.75) is 25.3 Å². The van der Waals surface area contributed by atoms with E-state index in [0.717, 1.165) is 34.4 Å². The second-order valence-electron chi connectivity index (χ2n) is 10.1. The second-order valence-corrected chi connectivity index (χ2v) is 10.1. The van der Waals surface area contributed by atoms with Gasteiger partial charge in [0.1, 0.15) is 23.0 Å². The Balaban J connectivity index is 1.46. The summed E-state index contributed by atoms with van der Waals surface area (Å²) in [6, 6.07) is 28.7. The third kappa shape index (κ3) is 5.97. The van der Waals surface area contributed by atoms with Gasteiger partial charge in [0.25, 0.3) is 5.91 Å². The van der Waals surface area contributed by atoms with E-state index in [9.17, 15) is 4.79 Å². The van der Waals surface area contributed by atoms with E-state index in [1.165, 1.54) is 5.56 Å². The minimum Gasteiger partial charge on any atom is -0.497 e. The zero-order valence-corrected chi connectivity index (χ0v) is 24.0. The van der Waals surface area contributed by atoms with E-state index in [0.29, 0.717) is 35.9 Å². The van der Waals surface area contributed by atoms with Crippen molar-refractivity contribution in [3.63, 3.8) is 0 Å². The molecular weight excluding hydrogens is 540 g/mol. The fourth-order valence-corrected chi connectivity index (χ4v) is 5.31. The normalized spacial score (nSPS) is 11.8. The van der Waals surface area contributed by atoms with E-state index in [1.54, 1.807) is 38.6 Å². The number of H-pyrrole nitrogens is 1. The van der Waals surface area contributed by atoms with E-state index in [-0.39, 0.29) is 5.91 Å². The number of nitrogens with zero attached hydrogens (tertiary/aromatic N) is 4. The zero-order valence-electron chi connectivity index (χ0n) is 24.0. The van der Waals surface area contributed by atoms with E-state index in [1.807, 2.05) is 65.4 Å². The molecule has 0 fully saturated rings. The molecule has 0 aliphatic carbocycles. The van der Waals surface area contributed by atoms with Crippen LogP contribution in [0.4, 0.5) is 0 Å². The van der Waals surface area contributed by atoms with Crippen LogP contribution in [0.1, 0.15) is 39.3 Å². The highest BCUT2D eigenvalue weighted by atomic mass is 16.5. The standard InChI is InChI=1S/C34H32N6O3/c1-42-25-16-17-30(31(21-25)43-2)40-32(18-15-23-10-4-3-5-11-23)38-39-33(40)29(37-34(41)28-14-8-9-19-35-28)20-24-22-36-27-13-7-6-12-26(24)27/h3-14,16-17,19,21-22,29,36H,15,18,20H2,1-2H3,(H,37,41)/t29-/m1/s1. The van der Waals surface area contributed by atoms with Gasteiger partial charge < -0.3 is 19.8 Å². The predicted molar refractivity (Wildman–Crippen MR) is 165 cm³/mol. The van der Waals surface area contributed by atoms with Gasteiger partial charge in [-0.3, -0.25) is 14.3 Å². The monoisotopic (exact) mass is 572 g/mol. The summed E-state index contributed by atoms with van der Waals surface area (Å²) in [5.41, 5.74) is 4.34. The molecule has 3 aromatic heterocycles. The summed E-state index contributed by atoms with van der Waals surface area (Å²) < 4.78 is 13.3. The van der Waals surface area contributed by atoms with Gasteiger partial charge in [0, 0.05) is 42.2 Å². The molecule has 0 saturated carbocycles. The molecule has 1 amide bonds. The fraction of sp³-hybridized carbons (Fsp3) is 0.176. The number of ether oxygens (including phenoxy) is 2. The van der Waals surface area contributed by atoms with Gasteiger partial charge in [0.05, 0.1) is 25.9 Å². The maximum Gasteiger partial charge on any atom is 0.270 e. The van der Waals surface area contributed by atoms with Gasteiger partial charge in [-0.2, -0.15) is 0 Å². The van der Waals surface area contributed by atoms with Gasteiger partial charge in [-0.1, -0.05) is 54.6 Å². The van der Waals surface area contributed by atoms with Gasteiger partial charge in [-0.25, -0.2) is 0 Å². The molecule has 0 bridgehead atoms. The van der Waals surface area contributed by atoms with Crippen LogP contribution >= 0.6 is 0 Å². The fourth-order valence-electron chi connectivity index (χ4n) is 5.31. The molecule has 9 nitrogen and oxygen atoms in total. The largest absolute Gasteiger partial charge is 0.497 e. The molecule has 0 saturated heterocycles. The molecule has 0 unspecified atom stereocenters. The summed E-state index contributed by atoms with van der Waals surface area (Å²) in [6.07, 6.45) is 5.45. The lowest BCUT2D eigenvalue weighted by Crippen LogP contribution is -2.32. The SMILES string of the molecule is COc1ccc(-n2c(CCc3ccccc3)nnc2[C@@H](Cc2c[nH]c3ccccc23)NC(=O)c2ccccn2)c(OC)c1. The molecule has 3 aromatic carbocycles. The Kier molecular flexibility index (Phi) is 8.13. The van der Waals surface area contributed by atoms with Crippen LogP contribution < -0.4 is 14.8 Å². The van der Waals surface area contributed by atoms with Crippen molar-refractivity contribution in [2.75, 3.05) is 14.2 Å². The maximum absolute atomic E-state index is 13.5. The molecule has 43 heavy (non-hydrogen) atoms. The van der Waals surface area contributed by atoms with Crippen molar-refractivity contribution in [3.05, 3.63) is 132 Å². The third-order valence-electron chi connectivity index (χ3n) is 7.48. The molecular formula is C34H32N6O3. The number of carbonyl (C=O) groups excluding carboxylic acids is 1. The van der Waals surface area contributed by atoms with Crippen LogP contribution in [0, 0.1) is 0 Å². The molecule has 0 aliphatic heterocycles. The van der Waals surface area contributed by atoms with Gasteiger partial charge in [-0.05, 0) is 47.9 Å². The number of nitrogens with one attached hydrogen (secondary N) is 2. The van der Waals surface area contributed by atoms with E-state index in [2.05, 4.69) is 38.6 Å². The number of carbonyl (C=O) groups is 1. The summed E-state index contributed by atoms with van der Waals surface area (Å²) in [5, 5.41) is 13.7. The van der Waals surface area contributed by atoms with E-state index < -0.39 is 6.04 Å². The highest BCUT2D eigenvalue weighted by Gasteiger charge is 2.27. The maximum atomic E-state index is 13.5. The molecule has 0 aliphatic rings. The summed E-state index contributed by atoms with van der Waals surface area (Å²) in [5.74, 6) is 2.30. The van der Waals surface area contributed by atoms with Gasteiger partial charge in [-0.15, -0.1) is 10.2 Å². The Morgan fingerprint density at radius 3 is 2.51 bits per heavy atom. The first-order valence-electron chi connectivity index (χ1n) is 14.1. The Morgan fingerprint density at radius 2 is 1.72 bits per heavy atom. The highest BCUT2D eigenvalue weighted by Crippen LogP contribution is 2.33. The first kappa shape index (κ1) is 27.7. The van der Waals surface area contributed by atoms with Gasteiger partial charge >= 0.3 is 0 Å². The molecule has 2 N–H and O–H groups in total. The quantitative estimate of drug-likeness (QED) is 0.208. The number of aromatic nitrogens is 5. The number of benzene rings is 3. The molecule has 6 aromatic rings. The molecule has 0 radical (unpaired) electrons. The van der Waals surface area contributed by atoms with Crippen molar-refractivity contribution in [1.29, 1.82) is 0 Å². The van der Waals surface area contributed by atoms with Crippen molar-refractivity contribution >= 4 is 16.8 Å². The number of fused-ring (bicyclic) bond motifs is 1. The number of amides is 1. The first-order valence-corrected chi connectivity index (χ1v) is 14.1. The number of aryl methyl sites for hydroxylation is 2. The molecule has 216 valence electrons. The van der Waals surface area contributed by atoms with Crippen LogP contribution in [0.15, 0.2) is 103 Å². The van der Waals surface area contributed by atoms with Gasteiger partial charge in [0.15, 0.2) is 5.82 Å². The number of para-hydroxylation sites is 1. The van der Waals surface area contributed by atoms with Crippen LogP contribution in [0.25, 0.3) is 16.6 Å². The topological polar surface area (TPSA) is 107 Å². The Bertz CT molecular complexity index is 1830. The summed E-state index contributed by atoms with van der Waals surface area (Å²) in [6.45, 7) is 0. The average molecular weight is 573 g/mol. The van der Waals surface area contributed by atoms with Crippen LogP contribution in [0.5, 0.6) is 11.5 Å². The minimum atomic E-state index is -0.543. The molecule has 1 atom stereocenters. The Morgan fingerprint density at radius 1 is 0.907 bits per heavy atom. The van der Waals surface area contributed by atoms with Crippen molar-refractivity contribution in [2.24, 2.45) is 0 Å². The number of aromatic amines is 1. The Labute approximate surface area is 249 Å². The van der Waals surface area contributed by atoms with Crippen molar-refractivity contribution in [1.82, 2.24) is 30.0 Å². The number of methoxy groups -OCH3 is 2. The van der Waals surface area contributed by atoms with E-state index in [4.69, 9.17) is 14.6 Å². The predicted octanol–water partition coefficient (Wildman–Crippen LogP) is 5.66. The minimum absolute atomic E-state index is 0.299. The van der Waals surface area contributed by atoms with Crippen molar-refractivity contribution in [3.8, 4) is 17.2 Å². The van der Waals surface area contributed by atoms with Crippen LogP contribution in [0.2, 0.25) is 0 Å². The summed E-state index contributed by atoms with van der Waals surface area (Å²) in [4.78, 5) is 21.1. The number of hydrogen-bond donors (Lipinski definition) is 2. The summed E-state index contributed by atoms with van der Waals surface area (Å²) in [7, 11) is 3.24. The zero-order chi connectivity index (χ0) is 29.6. The lowest BCUT2D eigenvalue weighted by molar-refractivity contribution is 0.0929.